The molecule has 0 bridgehead atoms. The number of pyridine rings is 1. The lowest BCUT2D eigenvalue weighted by Crippen LogP contribution is -2.02. The number of aryl methyl sites for hydroxylation is 1. The van der Waals surface area contributed by atoms with Crippen LogP contribution in [0.5, 0.6) is 0 Å². The van der Waals surface area contributed by atoms with Crippen LogP contribution >= 0.6 is 0 Å². The zero-order valence-corrected chi connectivity index (χ0v) is 7.39. The molecule has 0 saturated heterocycles. The van der Waals surface area contributed by atoms with Crippen LogP contribution in [0.3, 0.4) is 0 Å². The van der Waals surface area contributed by atoms with Gasteiger partial charge in [0.05, 0.1) is 5.75 Å². The van der Waals surface area contributed by atoms with E-state index in [1.165, 1.54) is 12.3 Å². The highest BCUT2D eigenvalue weighted by molar-refractivity contribution is 7.86. The summed E-state index contributed by atoms with van der Waals surface area (Å²) in [4.78, 5) is 3.30. The van der Waals surface area contributed by atoms with Crippen molar-refractivity contribution >= 4 is 10.2 Å². The second-order valence-corrected chi connectivity index (χ2v) is 3.97. The first-order valence-electron chi connectivity index (χ1n) is 3.50. The van der Waals surface area contributed by atoms with Gasteiger partial charge in [-0.15, -0.1) is 3.89 Å². The van der Waals surface area contributed by atoms with Gasteiger partial charge in [-0.05, 0) is 18.1 Å². The number of halogens is 2. The van der Waals surface area contributed by atoms with E-state index in [9.17, 15) is 16.7 Å². The van der Waals surface area contributed by atoms with E-state index >= 15 is 0 Å². The Morgan fingerprint density at radius 2 is 2.08 bits per heavy atom. The van der Waals surface area contributed by atoms with Crippen molar-refractivity contribution < 1.29 is 16.7 Å². The van der Waals surface area contributed by atoms with Crippen molar-refractivity contribution in [1.82, 2.24) is 4.98 Å². The van der Waals surface area contributed by atoms with E-state index in [2.05, 4.69) is 4.98 Å². The molecule has 72 valence electrons. The van der Waals surface area contributed by atoms with Gasteiger partial charge < -0.3 is 0 Å². The topological polar surface area (TPSA) is 47.0 Å². The monoisotopic (exact) mass is 207 g/mol. The Hall–Kier alpha value is -1.04. The Morgan fingerprint density at radius 1 is 1.38 bits per heavy atom. The summed E-state index contributed by atoms with van der Waals surface area (Å²) >= 11 is 0. The van der Waals surface area contributed by atoms with Gasteiger partial charge in [0.25, 0.3) is 0 Å². The van der Waals surface area contributed by atoms with Gasteiger partial charge in [0.15, 0.2) is 0 Å². The molecule has 13 heavy (non-hydrogen) atoms. The van der Waals surface area contributed by atoms with Gasteiger partial charge in [0.1, 0.15) is 0 Å². The Labute approximate surface area is 74.6 Å². The number of hydrogen-bond acceptors (Lipinski definition) is 3. The minimum absolute atomic E-state index is 0.00606. The van der Waals surface area contributed by atoms with E-state index in [0.717, 1.165) is 6.07 Å². The van der Waals surface area contributed by atoms with Crippen LogP contribution in [-0.4, -0.2) is 19.2 Å². The van der Waals surface area contributed by atoms with Gasteiger partial charge >= 0.3 is 10.2 Å². The van der Waals surface area contributed by atoms with Gasteiger partial charge in [-0.3, -0.25) is 0 Å². The van der Waals surface area contributed by atoms with Gasteiger partial charge in [-0.1, -0.05) is 6.07 Å². The predicted molar refractivity (Wildman–Crippen MR) is 42.8 cm³/mol. The van der Waals surface area contributed by atoms with Crippen LogP contribution < -0.4 is 0 Å². The Bertz CT molecular complexity index is 374. The van der Waals surface area contributed by atoms with Crippen LogP contribution in [0.15, 0.2) is 18.3 Å². The molecule has 0 aliphatic rings. The van der Waals surface area contributed by atoms with Crippen LogP contribution in [0.4, 0.5) is 8.28 Å². The first-order chi connectivity index (χ1) is 5.97. The largest absolute Gasteiger partial charge is 0.302 e. The average Bonchev–Trinajstić information content (AvgIpc) is 2.02. The molecule has 1 heterocycles. The van der Waals surface area contributed by atoms with E-state index in [0.29, 0.717) is 5.56 Å². The van der Waals surface area contributed by atoms with Crippen molar-refractivity contribution in [2.45, 2.75) is 6.42 Å². The van der Waals surface area contributed by atoms with Crippen molar-refractivity contribution in [2.24, 2.45) is 0 Å². The molecular weight excluding hydrogens is 200 g/mol. The summed E-state index contributed by atoms with van der Waals surface area (Å²) in [5.74, 6) is -1.24. The van der Waals surface area contributed by atoms with E-state index in [1.54, 1.807) is 0 Å². The van der Waals surface area contributed by atoms with Crippen molar-refractivity contribution in [3.63, 3.8) is 0 Å². The second-order valence-electron chi connectivity index (χ2n) is 2.48. The maximum absolute atomic E-state index is 12.3. The second kappa shape index (κ2) is 3.78. The summed E-state index contributed by atoms with van der Waals surface area (Å²) in [5.41, 5.74) is 0.489. The summed E-state index contributed by atoms with van der Waals surface area (Å²) in [6, 6.07) is 2.47. The molecule has 0 unspecified atom stereocenters. The summed E-state index contributed by atoms with van der Waals surface area (Å²) < 4.78 is 44.5. The van der Waals surface area contributed by atoms with Gasteiger partial charge in [-0.25, -0.2) is 4.98 Å². The summed E-state index contributed by atoms with van der Waals surface area (Å²) in [5, 5.41) is 0. The number of hydrogen-bond donors (Lipinski definition) is 0. The molecule has 1 rings (SSSR count). The third-order valence-corrected chi connectivity index (χ3v) is 2.11. The van der Waals surface area contributed by atoms with Crippen molar-refractivity contribution in [2.75, 3.05) is 5.75 Å². The van der Waals surface area contributed by atoms with Crippen molar-refractivity contribution in [3.8, 4) is 0 Å². The van der Waals surface area contributed by atoms with Gasteiger partial charge in [-0.2, -0.15) is 12.8 Å². The molecule has 0 aliphatic carbocycles. The highest BCUT2D eigenvalue weighted by Gasteiger charge is 2.07. The van der Waals surface area contributed by atoms with Crippen LogP contribution in [0.25, 0.3) is 0 Å². The molecule has 0 aromatic carbocycles. The fraction of sp³-hybridized carbons (Fsp3) is 0.286. The van der Waals surface area contributed by atoms with Crippen LogP contribution in [0.1, 0.15) is 5.56 Å². The highest BCUT2D eigenvalue weighted by atomic mass is 32.3. The lowest BCUT2D eigenvalue weighted by atomic mass is 10.2. The minimum atomic E-state index is -4.45. The Kier molecular flexibility index (Phi) is 2.92. The third-order valence-electron chi connectivity index (χ3n) is 1.42. The average molecular weight is 207 g/mol. The lowest BCUT2D eigenvalue weighted by Gasteiger charge is -1.96. The highest BCUT2D eigenvalue weighted by Crippen LogP contribution is 2.02. The Balaban J connectivity index is 2.61. The van der Waals surface area contributed by atoms with Crippen molar-refractivity contribution in [1.29, 1.82) is 0 Å². The first-order valence-corrected chi connectivity index (χ1v) is 5.05. The van der Waals surface area contributed by atoms with E-state index in [1.807, 2.05) is 0 Å². The molecule has 0 amide bonds. The van der Waals surface area contributed by atoms with Crippen LogP contribution in [0, 0.1) is 5.95 Å². The molecule has 3 nitrogen and oxygen atoms in total. The standard InChI is InChI=1S/C7H7F2NO2S/c8-7-2-1-6(5-10-7)3-4-13(9,11)12/h1-2,5H,3-4H2. The Morgan fingerprint density at radius 3 is 2.54 bits per heavy atom. The SMILES string of the molecule is O=S(=O)(F)CCc1ccc(F)nc1. The lowest BCUT2D eigenvalue weighted by molar-refractivity contribution is 0.551. The van der Waals surface area contributed by atoms with E-state index < -0.39 is 21.9 Å². The normalized spacial score (nSPS) is 11.5. The quantitative estimate of drug-likeness (QED) is 0.550. The molecule has 1 aromatic rings. The number of nitrogens with zero attached hydrogens (tertiary/aromatic N) is 1. The van der Waals surface area contributed by atoms with Gasteiger partial charge in [0, 0.05) is 6.20 Å². The first kappa shape index (κ1) is 10.0. The molecule has 0 fully saturated rings. The van der Waals surface area contributed by atoms with E-state index in [4.69, 9.17) is 0 Å². The fourth-order valence-corrected chi connectivity index (χ4v) is 1.27. The molecule has 0 aliphatic heterocycles. The van der Waals surface area contributed by atoms with Crippen molar-refractivity contribution in [3.05, 3.63) is 29.8 Å². The molecule has 0 N–H and O–H groups in total. The minimum Gasteiger partial charge on any atom is -0.228 e. The zero-order chi connectivity index (χ0) is 9.90. The predicted octanol–water partition coefficient (Wildman–Crippen LogP) is 1.06. The summed E-state index contributed by atoms with van der Waals surface area (Å²) in [6.45, 7) is 0. The van der Waals surface area contributed by atoms with Crippen LogP contribution in [0.2, 0.25) is 0 Å². The maximum Gasteiger partial charge on any atom is 0.302 e. The summed E-state index contributed by atoms with van der Waals surface area (Å²) in [7, 11) is -4.45. The smallest absolute Gasteiger partial charge is 0.228 e. The fourth-order valence-electron chi connectivity index (χ4n) is 0.794. The van der Waals surface area contributed by atoms with E-state index in [-0.39, 0.29) is 6.42 Å². The maximum atomic E-state index is 12.3. The molecule has 0 saturated carbocycles. The van der Waals surface area contributed by atoms with Crippen LogP contribution in [-0.2, 0) is 16.6 Å². The van der Waals surface area contributed by atoms with Gasteiger partial charge in [0.2, 0.25) is 5.95 Å². The number of rotatable bonds is 3. The molecule has 0 atom stereocenters. The molecule has 6 heteroatoms. The molecule has 0 spiro atoms. The number of aromatic nitrogens is 1. The molecule has 0 radical (unpaired) electrons. The molecule has 1 aromatic heterocycles. The summed E-state index contributed by atoms with van der Waals surface area (Å²) in [6.07, 6.45) is 1.19. The zero-order valence-electron chi connectivity index (χ0n) is 6.57. The molecular formula is C7H7F2NO2S. The third kappa shape index (κ3) is 3.93.